The van der Waals surface area contributed by atoms with E-state index in [2.05, 4.69) is 9.88 Å². The van der Waals surface area contributed by atoms with Crippen LogP contribution in [0.25, 0.3) is 11.5 Å². The standard InChI is InChI=1S/C22H23F3N2O2S/c1-14-18(26-21(29-14)16-4-6-17(7-5-16)22(23,24)25)13-27-10-8-15(9-11-27)20(28)19-3-2-12-30-19/h2-7,12,15,20,28H,8-11,13H2,1H3/t20-/m0/s1. The van der Waals surface area contributed by atoms with E-state index in [4.69, 9.17) is 4.42 Å². The predicted molar refractivity (Wildman–Crippen MR) is 109 cm³/mol. The number of alkyl halides is 3. The molecule has 30 heavy (non-hydrogen) atoms. The van der Waals surface area contributed by atoms with Crippen LogP contribution in [-0.4, -0.2) is 28.1 Å². The van der Waals surface area contributed by atoms with E-state index in [9.17, 15) is 18.3 Å². The number of oxazole rings is 1. The van der Waals surface area contributed by atoms with Crippen LogP contribution < -0.4 is 0 Å². The van der Waals surface area contributed by atoms with Crippen molar-refractivity contribution in [2.45, 2.75) is 38.6 Å². The molecule has 0 unspecified atom stereocenters. The molecule has 1 fully saturated rings. The minimum absolute atomic E-state index is 0.251. The molecule has 3 aromatic rings. The van der Waals surface area contributed by atoms with Crippen molar-refractivity contribution >= 4 is 11.3 Å². The molecule has 1 N–H and O–H groups in total. The largest absolute Gasteiger partial charge is 0.441 e. The first-order valence-electron chi connectivity index (χ1n) is 9.89. The zero-order chi connectivity index (χ0) is 21.3. The summed E-state index contributed by atoms with van der Waals surface area (Å²) in [5.74, 6) is 1.26. The van der Waals surface area contributed by atoms with Crippen molar-refractivity contribution in [2.24, 2.45) is 5.92 Å². The quantitative estimate of drug-likeness (QED) is 0.559. The molecular weight excluding hydrogens is 413 g/mol. The SMILES string of the molecule is Cc1oc(-c2ccc(C(F)(F)F)cc2)nc1CN1CCC([C@H](O)c2cccs2)CC1. The van der Waals surface area contributed by atoms with Crippen LogP contribution in [0.15, 0.2) is 46.2 Å². The molecule has 3 heterocycles. The molecule has 1 aliphatic rings. The molecule has 0 radical (unpaired) electrons. The summed E-state index contributed by atoms with van der Waals surface area (Å²) < 4.78 is 44.0. The number of likely N-dealkylation sites (tertiary alicyclic amines) is 1. The van der Waals surface area contributed by atoms with Gasteiger partial charge in [0.2, 0.25) is 5.89 Å². The zero-order valence-electron chi connectivity index (χ0n) is 16.5. The first kappa shape index (κ1) is 21.1. The maximum absolute atomic E-state index is 12.7. The van der Waals surface area contributed by atoms with Gasteiger partial charge in [-0.15, -0.1) is 11.3 Å². The number of halogens is 3. The summed E-state index contributed by atoms with van der Waals surface area (Å²) >= 11 is 1.58. The maximum Gasteiger partial charge on any atom is 0.416 e. The molecule has 8 heteroatoms. The monoisotopic (exact) mass is 436 g/mol. The van der Waals surface area contributed by atoms with Crippen LogP contribution in [0.2, 0.25) is 0 Å². The average molecular weight is 436 g/mol. The van der Waals surface area contributed by atoms with Crippen LogP contribution >= 0.6 is 11.3 Å². The van der Waals surface area contributed by atoms with Gasteiger partial charge in [-0.25, -0.2) is 4.98 Å². The normalized spacial score (nSPS) is 17.4. The smallest absolute Gasteiger partial charge is 0.416 e. The van der Waals surface area contributed by atoms with Gasteiger partial charge in [0.05, 0.1) is 17.4 Å². The fourth-order valence-electron chi connectivity index (χ4n) is 3.83. The van der Waals surface area contributed by atoms with Crippen LogP contribution in [0.1, 0.15) is 40.8 Å². The molecule has 1 aromatic carbocycles. The summed E-state index contributed by atoms with van der Waals surface area (Å²) in [6, 6.07) is 8.78. The molecule has 1 saturated heterocycles. The van der Waals surface area contributed by atoms with Crippen molar-refractivity contribution in [2.75, 3.05) is 13.1 Å². The fourth-order valence-corrected chi connectivity index (χ4v) is 4.63. The molecule has 0 bridgehead atoms. The van der Waals surface area contributed by atoms with Crippen LogP contribution in [-0.2, 0) is 12.7 Å². The van der Waals surface area contributed by atoms with Gasteiger partial charge in [-0.2, -0.15) is 13.2 Å². The highest BCUT2D eigenvalue weighted by molar-refractivity contribution is 7.10. The number of benzene rings is 1. The number of aliphatic hydroxyl groups excluding tert-OH is 1. The molecule has 1 atom stereocenters. The number of aliphatic hydroxyl groups is 1. The Morgan fingerprint density at radius 2 is 1.90 bits per heavy atom. The molecule has 4 rings (SSSR count). The number of nitrogens with zero attached hydrogens (tertiary/aromatic N) is 2. The van der Waals surface area contributed by atoms with E-state index >= 15 is 0 Å². The number of hydrogen-bond donors (Lipinski definition) is 1. The minimum atomic E-state index is -4.36. The van der Waals surface area contributed by atoms with Crippen molar-refractivity contribution in [1.29, 1.82) is 0 Å². The topological polar surface area (TPSA) is 49.5 Å². The van der Waals surface area contributed by atoms with E-state index in [1.54, 1.807) is 11.3 Å². The van der Waals surface area contributed by atoms with Crippen molar-refractivity contribution in [3.63, 3.8) is 0 Å². The lowest BCUT2D eigenvalue weighted by Gasteiger charge is -2.33. The summed E-state index contributed by atoms with van der Waals surface area (Å²) in [6.45, 7) is 4.16. The Kier molecular flexibility index (Phi) is 5.99. The number of aromatic nitrogens is 1. The van der Waals surface area contributed by atoms with Gasteiger partial charge in [-0.1, -0.05) is 6.07 Å². The highest BCUT2D eigenvalue weighted by Gasteiger charge is 2.30. The molecule has 2 aromatic heterocycles. The van der Waals surface area contributed by atoms with Gasteiger partial charge in [0.15, 0.2) is 0 Å². The number of rotatable bonds is 5. The zero-order valence-corrected chi connectivity index (χ0v) is 17.3. The molecule has 1 aliphatic heterocycles. The molecule has 0 spiro atoms. The molecule has 0 aliphatic carbocycles. The Bertz CT molecular complexity index is 959. The van der Waals surface area contributed by atoms with Gasteiger partial charge < -0.3 is 9.52 Å². The van der Waals surface area contributed by atoms with Crippen LogP contribution in [0, 0.1) is 12.8 Å². The maximum atomic E-state index is 12.7. The first-order chi connectivity index (χ1) is 14.3. The Balaban J connectivity index is 1.38. The third kappa shape index (κ3) is 4.61. The van der Waals surface area contributed by atoms with Gasteiger partial charge >= 0.3 is 6.18 Å². The van der Waals surface area contributed by atoms with Gasteiger partial charge in [0.1, 0.15) is 5.76 Å². The second-order valence-corrected chi connectivity index (χ2v) is 8.65. The van der Waals surface area contributed by atoms with Crippen molar-refractivity contribution in [1.82, 2.24) is 9.88 Å². The Hall–Kier alpha value is -2.16. The lowest BCUT2D eigenvalue weighted by Crippen LogP contribution is -2.35. The van der Waals surface area contributed by atoms with Gasteiger partial charge in [0.25, 0.3) is 0 Å². The molecule has 160 valence electrons. The fraction of sp³-hybridized carbons (Fsp3) is 0.409. The average Bonchev–Trinajstić information content (AvgIpc) is 3.38. The van der Waals surface area contributed by atoms with Crippen LogP contribution in [0.4, 0.5) is 13.2 Å². The Morgan fingerprint density at radius 1 is 1.20 bits per heavy atom. The summed E-state index contributed by atoms with van der Waals surface area (Å²) in [6.07, 6.45) is -2.96. The van der Waals surface area contributed by atoms with E-state index in [0.29, 0.717) is 23.8 Å². The molecular formula is C22H23F3N2O2S. The van der Waals surface area contributed by atoms with E-state index in [1.807, 2.05) is 24.4 Å². The highest BCUT2D eigenvalue weighted by Crippen LogP contribution is 2.34. The summed E-state index contributed by atoms with van der Waals surface area (Å²) in [5, 5.41) is 12.5. The highest BCUT2D eigenvalue weighted by atomic mass is 32.1. The van der Waals surface area contributed by atoms with Gasteiger partial charge in [-0.3, -0.25) is 4.90 Å². The van der Waals surface area contributed by atoms with E-state index in [1.165, 1.54) is 12.1 Å². The number of aryl methyl sites for hydroxylation is 1. The second kappa shape index (κ2) is 8.53. The summed E-state index contributed by atoms with van der Waals surface area (Å²) in [4.78, 5) is 7.82. The number of hydrogen-bond acceptors (Lipinski definition) is 5. The lowest BCUT2D eigenvalue weighted by atomic mass is 9.90. The molecule has 0 saturated carbocycles. The van der Waals surface area contributed by atoms with Gasteiger partial charge in [0, 0.05) is 17.0 Å². The summed E-state index contributed by atoms with van der Waals surface area (Å²) in [5.41, 5.74) is 0.625. The third-order valence-corrected chi connectivity index (χ3v) is 6.58. The minimum Gasteiger partial charge on any atom is -0.441 e. The Morgan fingerprint density at radius 3 is 2.50 bits per heavy atom. The first-order valence-corrected chi connectivity index (χ1v) is 10.8. The number of thiophene rings is 1. The second-order valence-electron chi connectivity index (χ2n) is 7.67. The molecule has 0 amide bonds. The Labute approximate surface area is 177 Å². The summed E-state index contributed by atoms with van der Waals surface area (Å²) in [7, 11) is 0. The van der Waals surface area contributed by atoms with E-state index < -0.39 is 17.8 Å². The number of piperidine rings is 1. The van der Waals surface area contributed by atoms with Crippen molar-refractivity contribution in [3.8, 4) is 11.5 Å². The predicted octanol–water partition coefficient (Wildman–Crippen LogP) is 5.68. The van der Waals surface area contributed by atoms with Crippen LogP contribution in [0.5, 0.6) is 0 Å². The lowest BCUT2D eigenvalue weighted by molar-refractivity contribution is -0.137. The molecule has 4 nitrogen and oxygen atoms in total. The van der Waals surface area contributed by atoms with E-state index in [-0.39, 0.29) is 5.92 Å². The van der Waals surface area contributed by atoms with Crippen molar-refractivity contribution in [3.05, 3.63) is 63.7 Å². The van der Waals surface area contributed by atoms with E-state index in [0.717, 1.165) is 48.6 Å². The van der Waals surface area contributed by atoms with Crippen molar-refractivity contribution < 1.29 is 22.7 Å². The van der Waals surface area contributed by atoms with Gasteiger partial charge in [-0.05, 0) is 74.5 Å². The van der Waals surface area contributed by atoms with Crippen LogP contribution in [0.3, 0.4) is 0 Å². The third-order valence-electron chi connectivity index (χ3n) is 5.64.